The fourth-order valence-electron chi connectivity index (χ4n) is 5.31. The van der Waals surface area contributed by atoms with Gasteiger partial charge in [-0.25, -0.2) is 9.36 Å². The summed E-state index contributed by atoms with van der Waals surface area (Å²) in [6.45, 7) is 4.11. The van der Waals surface area contributed by atoms with E-state index >= 15 is 0 Å². The van der Waals surface area contributed by atoms with E-state index in [-0.39, 0.29) is 18.7 Å². The Bertz CT molecular complexity index is 671. The Labute approximate surface area is 251 Å². The first-order chi connectivity index (χ1) is 19.7. The average Bonchev–Trinajstić information content (AvgIpc) is 2.94. The third-order valence-electron chi connectivity index (χ3n) is 8.05. The topological polar surface area (TPSA) is 109 Å². The zero-order chi connectivity index (χ0) is 30.2. The summed E-state index contributed by atoms with van der Waals surface area (Å²) < 4.78 is 27.6. The van der Waals surface area contributed by atoms with Gasteiger partial charge in [0.1, 0.15) is 0 Å². The molecule has 0 radical (unpaired) electrons. The molecule has 0 bridgehead atoms. The van der Waals surface area contributed by atoms with E-state index in [0.717, 1.165) is 32.1 Å². The van der Waals surface area contributed by atoms with Crippen molar-refractivity contribution in [3.63, 3.8) is 0 Å². The molecule has 1 heterocycles. The van der Waals surface area contributed by atoms with Crippen LogP contribution in [0.4, 0.5) is 4.79 Å². The van der Waals surface area contributed by atoms with Crippen molar-refractivity contribution >= 4 is 13.9 Å². The molecule has 1 amide bonds. The van der Waals surface area contributed by atoms with Gasteiger partial charge in [0.25, 0.3) is 0 Å². The lowest BCUT2D eigenvalue weighted by Crippen LogP contribution is -2.39. The third-order valence-corrected chi connectivity index (χ3v) is 8.53. The van der Waals surface area contributed by atoms with Gasteiger partial charge in [-0.2, -0.15) is 0 Å². The lowest BCUT2D eigenvalue weighted by Gasteiger charge is -2.29. The van der Waals surface area contributed by atoms with Crippen LogP contribution in [0.1, 0.15) is 142 Å². The molecule has 10 heteroatoms. The SMILES string of the molecule is CCCCCCCCCCCCCCCCCCOC(CCC(COP(=O)(O)O)N(C)C)OC(=O)N1CCCCC1. The van der Waals surface area contributed by atoms with Crippen molar-refractivity contribution in [3.05, 3.63) is 0 Å². The van der Waals surface area contributed by atoms with Crippen molar-refractivity contribution in [1.29, 1.82) is 0 Å². The number of likely N-dealkylation sites (N-methyl/N-ethyl adjacent to an activating group) is 1. The number of phosphoric ester groups is 1. The summed E-state index contributed by atoms with van der Waals surface area (Å²) in [6.07, 6.45) is 24.0. The highest BCUT2D eigenvalue weighted by Crippen LogP contribution is 2.36. The first-order valence-electron chi connectivity index (χ1n) is 16.7. The highest BCUT2D eigenvalue weighted by atomic mass is 31.2. The lowest BCUT2D eigenvalue weighted by molar-refractivity contribution is -0.119. The summed E-state index contributed by atoms with van der Waals surface area (Å²) >= 11 is 0. The highest BCUT2D eigenvalue weighted by Gasteiger charge is 2.25. The fourth-order valence-corrected chi connectivity index (χ4v) is 5.67. The Balaban J connectivity index is 2.23. The maximum Gasteiger partial charge on any atom is 0.469 e. The molecule has 2 N–H and O–H groups in total. The Morgan fingerprint density at radius 3 is 1.73 bits per heavy atom. The van der Waals surface area contributed by atoms with Gasteiger partial charge in [-0.1, -0.05) is 103 Å². The Kier molecular flexibility index (Phi) is 23.1. The number of carbonyl (C=O) groups excluding carboxylic acids is 1. The molecule has 1 fully saturated rings. The summed E-state index contributed by atoms with van der Waals surface area (Å²) in [5.41, 5.74) is 0. The molecule has 0 saturated carbocycles. The second kappa shape index (κ2) is 24.7. The summed E-state index contributed by atoms with van der Waals surface area (Å²) in [7, 11) is -0.880. The van der Waals surface area contributed by atoms with Gasteiger partial charge in [0.2, 0.25) is 6.29 Å². The van der Waals surface area contributed by atoms with Crippen LogP contribution in [-0.2, 0) is 18.6 Å². The van der Waals surface area contributed by atoms with Crippen molar-refractivity contribution in [2.24, 2.45) is 0 Å². The van der Waals surface area contributed by atoms with E-state index in [1.165, 1.54) is 89.9 Å². The molecule has 0 aromatic carbocycles. The van der Waals surface area contributed by atoms with E-state index in [0.29, 0.717) is 32.5 Å². The van der Waals surface area contributed by atoms with E-state index in [2.05, 4.69) is 6.92 Å². The summed E-state index contributed by atoms with van der Waals surface area (Å²) in [6, 6.07) is -0.238. The smallest absolute Gasteiger partial charge is 0.419 e. The first kappa shape index (κ1) is 38.3. The van der Waals surface area contributed by atoms with Gasteiger partial charge in [-0.05, 0) is 46.2 Å². The second-order valence-corrected chi connectivity index (χ2v) is 13.3. The molecule has 0 spiro atoms. The molecule has 9 nitrogen and oxygen atoms in total. The number of nitrogens with zero attached hydrogens (tertiary/aromatic N) is 2. The van der Waals surface area contributed by atoms with Crippen LogP contribution in [0.15, 0.2) is 0 Å². The molecule has 0 aromatic rings. The molecule has 0 aromatic heterocycles. The quantitative estimate of drug-likeness (QED) is 0.0579. The number of phosphoric acid groups is 1. The normalized spacial score (nSPS) is 15.8. The molecule has 2 atom stereocenters. The van der Waals surface area contributed by atoms with Crippen LogP contribution >= 0.6 is 7.82 Å². The number of hydrogen-bond donors (Lipinski definition) is 2. The van der Waals surface area contributed by atoms with Crippen LogP contribution in [-0.4, -0.2) is 78.4 Å². The molecular formula is C31H63N2O7P. The molecule has 1 aliphatic rings. The van der Waals surface area contributed by atoms with Crippen molar-refractivity contribution in [3.8, 4) is 0 Å². The highest BCUT2D eigenvalue weighted by molar-refractivity contribution is 7.46. The molecule has 1 aliphatic heterocycles. The number of hydrogen-bond acceptors (Lipinski definition) is 6. The maximum atomic E-state index is 12.7. The average molecular weight is 607 g/mol. The van der Waals surface area contributed by atoms with Crippen LogP contribution < -0.4 is 0 Å². The van der Waals surface area contributed by atoms with Crippen LogP contribution in [0.2, 0.25) is 0 Å². The first-order valence-corrected chi connectivity index (χ1v) is 18.2. The van der Waals surface area contributed by atoms with Crippen molar-refractivity contribution in [1.82, 2.24) is 9.80 Å². The maximum absolute atomic E-state index is 12.7. The van der Waals surface area contributed by atoms with Crippen LogP contribution in [0.3, 0.4) is 0 Å². The minimum Gasteiger partial charge on any atom is -0.419 e. The van der Waals surface area contributed by atoms with Crippen molar-refractivity contribution in [2.75, 3.05) is 40.4 Å². The standard InChI is InChI=1S/C31H63N2O7P/c1-4-5-6-7-8-9-10-11-12-13-14-15-16-17-18-22-27-38-30(40-31(34)33-25-20-19-21-26-33)24-23-29(32(2)3)28-39-41(35,36)37/h29-30H,4-28H2,1-3H3,(H2,35,36,37). The van der Waals surface area contributed by atoms with Crippen LogP contribution in [0.5, 0.6) is 0 Å². The predicted molar refractivity (Wildman–Crippen MR) is 166 cm³/mol. The summed E-state index contributed by atoms with van der Waals surface area (Å²) in [5, 5.41) is 0. The van der Waals surface area contributed by atoms with Crippen molar-refractivity contribution < 1.29 is 33.1 Å². The van der Waals surface area contributed by atoms with Gasteiger partial charge >= 0.3 is 13.9 Å². The molecule has 1 saturated heterocycles. The van der Waals surface area contributed by atoms with Crippen LogP contribution in [0, 0.1) is 0 Å². The summed E-state index contributed by atoms with van der Waals surface area (Å²) in [5.74, 6) is 0. The number of carbonyl (C=O) groups is 1. The lowest BCUT2D eigenvalue weighted by atomic mass is 10.0. The predicted octanol–water partition coefficient (Wildman–Crippen LogP) is 8.03. The van der Waals surface area contributed by atoms with E-state index in [1.54, 1.807) is 4.90 Å². The Hall–Kier alpha value is -0.700. The van der Waals surface area contributed by atoms with Gasteiger partial charge < -0.3 is 29.1 Å². The molecular weight excluding hydrogens is 543 g/mol. The van der Waals surface area contributed by atoms with Gasteiger partial charge in [0.05, 0.1) is 13.2 Å². The molecule has 244 valence electrons. The van der Waals surface area contributed by atoms with Crippen molar-refractivity contribution in [2.45, 2.75) is 154 Å². The van der Waals surface area contributed by atoms with Gasteiger partial charge in [-0.3, -0.25) is 4.52 Å². The number of amides is 1. The molecule has 2 unspecified atom stereocenters. The zero-order valence-corrected chi connectivity index (χ0v) is 27.5. The number of piperidine rings is 1. The molecule has 1 rings (SSSR count). The zero-order valence-electron chi connectivity index (χ0n) is 26.6. The minimum atomic E-state index is -4.55. The largest absolute Gasteiger partial charge is 0.469 e. The number of likely N-dealkylation sites (tertiary alicyclic amines) is 1. The van der Waals surface area contributed by atoms with Gasteiger partial charge in [-0.15, -0.1) is 0 Å². The number of unbranched alkanes of at least 4 members (excludes halogenated alkanes) is 15. The second-order valence-electron chi connectivity index (χ2n) is 12.0. The van der Waals surface area contributed by atoms with Crippen LogP contribution in [0.25, 0.3) is 0 Å². The fraction of sp³-hybridized carbons (Fsp3) is 0.968. The minimum absolute atomic E-state index is 0.108. The monoisotopic (exact) mass is 606 g/mol. The van der Waals surface area contributed by atoms with E-state index < -0.39 is 14.1 Å². The van der Waals surface area contributed by atoms with E-state index in [9.17, 15) is 9.36 Å². The third kappa shape index (κ3) is 22.5. The molecule has 41 heavy (non-hydrogen) atoms. The summed E-state index contributed by atoms with van der Waals surface area (Å²) in [4.78, 5) is 34.5. The van der Waals surface area contributed by atoms with E-state index in [4.69, 9.17) is 23.8 Å². The Morgan fingerprint density at radius 1 is 0.780 bits per heavy atom. The van der Waals surface area contributed by atoms with Gasteiger partial charge in [0.15, 0.2) is 0 Å². The number of ether oxygens (including phenoxy) is 2. The Morgan fingerprint density at radius 2 is 1.27 bits per heavy atom. The number of rotatable bonds is 26. The molecule has 0 aliphatic carbocycles. The van der Waals surface area contributed by atoms with E-state index in [1.807, 2.05) is 19.0 Å². The van der Waals surface area contributed by atoms with Gasteiger partial charge in [0, 0.05) is 25.6 Å².